The molecule has 1 aromatic carbocycles. The zero-order chi connectivity index (χ0) is 14.4. The third kappa shape index (κ3) is 3.68. The zero-order valence-corrected chi connectivity index (χ0v) is 12.1. The van der Waals surface area contributed by atoms with Crippen LogP contribution < -0.4 is 0 Å². The average molecular weight is 293 g/mol. The average Bonchev–Trinajstić information content (AvgIpc) is 2.82. The van der Waals surface area contributed by atoms with Crippen LogP contribution in [0.4, 0.5) is 4.39 Å². The van der Waals surface area contributed by atoms with E-state index in [1.165, 1.54) is 12.1 Å². The number of rotatable bonds is 7. The number of nitrogens with zero attached hydrogens (tertiary/aromatic N) is 3. The minimum Gasteiger partial charge on any atom is -0.377 e. The lowest BCUT2D eigenvalue weighted by Gasteiger charge is -2.07. The van der Waals surface area contributed by atoms with Gasteiger partial charge in [-0.15, -0.1) is 16.8 Å². The predicted octanol–water partition coefficient (Wildman–Crippen LogP) is 3.04. The quantitative estimate of drug-likeness (QED) is 0.581. The Kier molecular flexibility index (Phi) is 5.31. The number of hydrogen-bond donors (Lipinski definition) is 0. The minimum absolute atomic E-state index is 0.226. The van der Waals surface area contributed by atoms with Gasteiger partial charge in [0.25, 0.3) is 0 Å². The summed E-state index contributed by atoms with van der Waals surface area (Å²) in [6, 6.07) is 6.46. The summed E-state index contributed by atoms with van der Waals surface area (Å²) in [7, 11) is 1.62. The molecule has 0 saturated heterocycles. The molecule has 1 heterocycles. The van der Waals surface area contributed by atoms with Gasteiger partial charge in [-0.25, -0.2) is 4.39 Å². The van der Waals surface area contributed by atoms with Gasteiger partial charge in [-0.2, -0.15) is 0 Å². The van der Waals surface area contributed by atoms with E-state index in [0.29, 0.717) is 18.9 Å². The van der Waals surface area contributed by atoms with Crippen LogP contribution in [0.2, 0.25) is 0 Å². The second-order valence-corrected chi connectivity index (χ2v) is 5.09. The van der Waals surface area contributed by atoms with Crippen molar-refractivity contribution in [2.45, 2.75) is 24.1 Å². The maximum atomic E-state index is 12.8. The Balaban J connectivity index is 2.08. The molecule has 6 heteroatoms. The number of methoxy groups -OCH3 is 1. The highest BCUT2D eigenvalue weighted by Crippen LogP contribution is 2.22. The van der Waals surface area contributed by atoms with E-state index in [-0.39, 0.29) is 5.82 Å². The first-order valence-electron chi connectivity index (χ1n) is 6.13. The van der Waals surface area contributed by atoms with Gasteiger partial charge in [-0.3, -0.25) is 0 Å². The van der Waals surface area contributed by atoms with Gasteiger partial charge in [0.1, 0.15) is 12.4 Å². The van der Waals surface area contributed by atoms with Gasteiger partial charge in [-0.05, 0) is 17.7 Å². The molecule has 0 fully saturated rings. The van der Waals surface area contributed by atoms with Crippen LogP contribution in [0.5, 0.6) is 0 Å². The molecule has 1 aromatic heterocycles. The molecular formula is C14H16FN3OS. The summed E-state index contributed by atoms with van der Waals surface area (Å²) in [6.45, 7) is 4.79. The van der Waals surface area contributed by atoms with Crippen LogP contribution in [0.25, 0.3) is 0 Å². The van der Waals surface area contributed by atoms with E-state index in [1.54, 1.807) is 37.1 Å². The monoisotopic (exact) mass is 293 g/mol. The Labute approximate surface area is 121 Å². The van der Waals surface area contributed by atoms with Crippen molar-refractivity contribution in [1.82, 2.24) is 14.8 Å². The van der Waals surface area contributed by atoms with Gasteiger partial charge in [0.2, 0.25) is 0 Å². The maximum Gasteiger partial charge on any atom is 0.191 e. The third-order valence-electron chi connectivity index (χ3n) is 2.66. The Morgan fingerprint density at radius 3 is 2.75 bits per heavy atom. The van der Waals surface area contributed by atoms with Crippen LogP contribution in [0.15, 0.2) is 42.1 Å². The van der Waals surface area contributed by atoms with E-state index < -0.39 is 0 Å². The smallest absolute Gasteiger partial charge is 0.191 e. The number of hydrogen-bond acceptors (Lipinski definition) is 4. The summed E-state index contributed by atoms with van der Waals surface area (Å²) in [5.74, 6) is 1.26. The summed E-state index contributed by atoms with van der Waals surface area (Å²) >= 11 is 1.56. The van der Waals surface area contributed by atoms with E-state index in [4.69, 9.17) is 4.74 Å². The molecule has 2 rings (SSSR count). The van der Waals surface area contributed by atoms with E-state index in [2.05, 4.69) is 16.8 Å². The maximum absolute atomic E-state index is 12.8. The summed E-state index contributed by atoms with van der Waals surface area (Å²) < 4.78 is 19.9. The number of thioether (sulfide) groups is 1. The van der Waals surface area contributed by atoms with Crippen molar-refractivity contribution in [3.8, 4) is 0 Å². The molecule has 0 aliphatic carbocycles. The van der Waals surface area contributed by atoms with Crippen LogP contribution in [0.3, 0.4) is 0 Å². The van der Waals surface area contributed by atoms with Crippen molar-refractivity contribution >= 4 is 11.8 Å². The highest BCUT2D eigenvalue weighted by atomic mass is 32.2. The molecule has 0 aliphatic heterocycles. The Hall–Kier alpha value is -1.66. The van der Waals surface area contributed by atoms with Gasteiger partial charge in [-0.1, -0.05) is 30.0 Å². The van der Waals surface area contributed by atoms with Crippen molar-refractivity contribution < 1.29 is 9.13 Å². The molecule has 4 nitrogen and oxygen atoms in total. The Morgan fingerprint density at radius 2 is 2.10 bits per heavy atom. The van der Waals surface area contributed by atoms with Gasteiger partial charge < -0.3 is 9.30 Å². The predicted molar refractivity (Wildman–Crippen MR) is 76.9 cm³/mol. The normalized spacial score (nSPS) is 10.7. The van der Waals surface area contributed by atoms with Crippen molar-refractivity contribution in [1.29, 1.82) is 0 Å². The minimum atomic E-state index is -0.226. The summed E-state index contributed by atoms with van der Waals surface area (Å²) in [6.07, 6.45) is 1.80. The molecule has 0 aliphatic rings. The molecule has 0 amide bonds. The van der Waals surface area contributed by atoms with Gasteiger partial charge in [0.15, 0.2) is 11.0 Å². The summed E-state index contributed by atoms with van der Waals surface area (Å²) in [5, 5.41) is 9.08. The van der Waals surface area contributed by atoms with Crippen molar-refractivity contribution in [3.05, 3.63) is 54.1 Å². The molecule has 106 valence electrons. The van der Waals surface area contributed by atoms with Crippen molar-refractivity contribution in [2.24, 2.45) is 0 Å². The Morgan fingerprint density at radius 1 is 1.35 bits per heavy atom. The molecular weight excluding hydrogens is 277 g/mol. The first-order chi connectivity index (χ1) is 9.74. The molecule has 0 atom stereocenters. The SMILES string of the molecule is C=CCn1c(COC)nnc1SCc1ccc(F)cc1. The first-order valence-corrected chi connectivity index (χ1v) is 7.12. The standard InChI is InChI=1S/C14H16FN3OS/c1-3-8-18-13(9-19-2)16-17-14(18)20-10-11-4-6-12(15)7-5-11/h3-7H,1,8-10H2,2H3. The Bertz CT molecular complexity index is 568. The van der Waals surface area contributed by atoms with E-state index in [0.717, 1.165) is 16.5 Å². The molecule has 20 heavy (non-hydrogen) atoms. The third-order valence-corrected chi connectivity index (χ3v) is 3.70. The highest BCUT2D eigenvalue weighted by Gasteiger charge is 2.11. The second kappa shape index (κ2) is 7.21. The lowest BCUT2D eigenvalue weighted by molar-refractivity contribution is 0.174. The molecule has 0 saturated carbocycles. The van der Waals surface area contributed by atoms with Crippen LogP contribution in [0, 0.1) is 5.82 Å². The van der Waals surface area contributed by atoms with E-state index in [1.807, 2.05) is 4.57 Å². The van der Waals surface area contributed by atoms with Crippen LogP contribution >= 0.6 is 11.8 Å². The molecule has 0 bridgehead atoms. The zero-order valence-electron chi connectivity index (χ0n) is 11.3. The van der Waals surface area contributed by atoms with Crippen molar-refractivity contribution in [2.75, 3.05) is 7.11 Å². The summed E-state index contributed by atoms with van der Waals surface area (Å²) in [4.78, 5) is 0. The molecule has 0 N–H and O–H groups in total. The molecule has 0 radical (unpaired) electrons. The fourth-order valence-corrected chi connectivity index (χ4v) is 2.63. The highest BCUT2D eigenvalue weighted by molar-refractivity contribution is 7.98. The number of allylic oxidation sites excluding steroid dienone is 1. The van der Waals surface area contributed by atoms with E-state index >= 15 is 0 Å². The molecule has 2 aromatic rings. The van der Waals surface area contributed by atoms with Crippen LogP contribution in [0.1, 0.15) is 11.4 Å². The topological polar surface area (TPSA) is 39.9 Å². The lowest BCUT2D eigenvalue weighted by Crippen LogP contribution is -2.04. The van der Waals surface area contributed by atoms with Gasteiger partial charge in [0.05, 0.1) is 0 Å². The lowest BCUT2D eigenvalue weighted by atomic mass is 10.2. The number of halogens is 1. The number of aromatic nitrogens is 3. The van der Waals surface area contributed by atoms with E-state index in [9.17, 15) is 4.39 Å². The van der Waals surface area contributed by atoms with Gasteiger partial charge >= 0.3 is 0 Å². The fourth-order valence-electron chi connectivity index (χ4n) is 1.70. The molecule has 0 spiro atoms. The largest absolute Gasteiger partial charge is 0.377 e. The van der Waals surface area contributed by atoms with Crippen molar-refractivity contribution in [3.63, 3.8) is 0 Å². The molecule has 0 unspecified atom stereocenters. The van der Waals surface area contributed by atoms with Crippen LogP contribution in [-0.4, -0.2) is 21.9 Å². The summed E-state index contributed by atoms with van der Waals surface area (Å²) in [5.41, 5.74) is 1.04. The first kappa shape index (κ1) is 14.7. The number of ether oxygens (including phenoxy) is 1. The fraction of sp³-hybridized carbons (Fsp3) is 0.286. The van der Waals surface area contributed by atoms with Gasteiger partial charge in [0, 0.05) is 19.4 Å². The second-order valence-electron chi connectivity index (χ2n) is 4.15. The van der Waals surface area contributed by atoms with Crippen LogP contribution in [-0.2, 0) is 23.6 Å². The number of benzene rings is 1.